The summed E-state index contributed by atoms with van der Waals surface area (Å²) < 4.78 is 59.9. The molecule has 21 heteroatoms. The lowest BCUT2D eigenvalue weighted by Gasteiger charge is -2.38. The first-order valence-electron chi connectivity index (χ1n) is 22.3. The monoisotopic (exact) mass is 916 g/mol. The predicted octanol–water partition coefficient (Wildman–Crippen LogP) is 4.52. The van der Waals surface area contributed by atoms with E-state index in [4.69, 9.17) is 64.1 Å². The van der Waals surface area contributed by atoms with Crippen LogP contribution in [0.15, 0.2) is 43.1 Å². The summed E-state index contributed by atoms with van der Waals surface area (Å²) in [6, 6.07) is 6.44. The smallest absolute Gasteiger partial charge is 0.256 e. The number of rotatable bonds is 32. The van der Waals surface area contributed by atoms with E-state index in [1.165, 1.54) is 0 Å². The number of hydrogen-bond donors (Lipinski definition) is 1. The number of nitrogens with one attached hydrogen (secondary N) is 1. The number of nitrogens with zero attached hydrogens (tertiary/aromatic N) is 9. The van der Waals surface area contributed by atoms with Gasteiger partial charge in [0.1, 0.15) is 23.9 Å². The SMILES string of the molecule is COCCOCCOCCOCCOCCOCCOCCCOc1nn(C2CCC(N3CCOCC3)CC2)cc1Nc1ncc(-c2ccc(Cl)c(O[C@@H](C)Cn3cnnn3)c2)cn1. The lowest BCUT2D eigenvalue weighted by molar-refractivity contribution is -0.0193. The number of aromatic nitrogens is 8. The van der Waals surface area contributed by atoms with Crippen molar-refractivity contribution in [2.45, 2.75) is 63.8 Å². The van der Waals surface area contributed by atoms with Crippen molar-refractivity contribution in [3.63, 3.8) is 0 Å². The van der Waals surface area contributed by atoms with E-state index in [0.29, 0.717) is 140 Å². The van der Waals surface area contributed by atoms with Gasteiger partial charge in [0.05, 0.1) is 123 Å². The Hall–Kier alpha value is -4.09. The molecule has 20 nitrogen and oxygen atoms in total. The fourth-order valence-corrected chi connectivity index (χ4v) is 7.44. The number of benzene rings is 1. The Morgan fingerprint density at radius 1 is 0.766 bits per heavy atom. The molecular formula is C43H65ClN10O10. The van der Waals surface area contributed by atoms with Gasteiger partial charge in [0.25, 0.3) is 5.88 Å². The van der Waals surface area contributed by atoms with Gasteiger partial charge in [-0.2, -0.15) is 0 Å². The van der Waals surface area contributed by atoms with Gasteiger partial charge in [-0.1, -0.05) is 17.7 Å². The molecule has 1 saturated carbocycles. The molecule has 0 spiro atoms. The van der Waals surface area contributed by atoms with Crippen LogP contribution in [0.5, 0.6) is 11.6 Å². The summed E-state index contributed by atoms with van der Waals surface area (Å²) in [4.78, 5) is 11.9. The number of tetrazole rings is 1. The molecule has 2 fully saturated rings. The maximum absolute atomic E-state index is 6.50. The van der Waals surface area contributed by atoms with Crippen LogP contribution in [0.3, 0.4) is 0 Å². The van der Waals surface area contributed by atoms with Crippen molar-refractivity contribution in [1.29, 1.82) is 0 Å². The third kappa shape index (κ3) is 17.4. The first kappa shape index (κ1) is 49.3. The average molecular weight is 918 g/mol. The van der Waals surface area contributed by atoms with E-state index in [1.807, 2.05) is 29.9 Å². The predicted molar refractivity (Wildman–Crippen MR) is 236 cm³/mol. The van der Waals surface area contributed by atoms with Gasteiger partial charge < -0.3 is 52.7 Å². The number of ether oxygens (including phenoxy) is 10. The molecule has 64 heavy (non-hydrogen) atoms. The standard InChI is InChI=1S/C43H65ClN10O10/c1-34(31-53-33-47-50-51-53)64-41-28-35(4-9-39(41)44)36-29-45-43(46-30-36)48-40-32-54(38-7-5-37(6-8-38)52-10-14-57-15-11-52)49-42(40)63-13-3-12-56-18-19-59-22-23-61-26-27-62-25-24-60-21-20-58-17-16-55-2/h4,9,28-30,32-34,37-38H,3,5-8,10-27,31H2,1-2H3,(H,45,46,48)/t34-,37?,38?/m0/s1. The number of morpholine rings is 1. The zero-order chi connectivity index (χ0) is 44.4. The highest BCUT2D eigenvalue weighted by Gasteiger charge is 2.29. The molecule has 1 aliphatic heterocycles. The molecule has 0 radical (unpaired) electrons. The maximum atomic E-state index is 6.50. The fraction of sp³-hybridized carbons (Fsp3) is 0.674. The summed E-state index contributed by atoms with van der Waals surface area (Å²) in [7, 11) is 1.65. The van der Waals surface area contributed by atoms with Gasteiger partial charge in [0.15, 0.2) is 0 Å². The first-order chi connectivity index (χ1) is 31.6. The van der Waals surface area contributed by atoms with E-state index < -0.39 is 0 Å². The van der Waals surface area contributed by atoms with Crippen molar-refractivity contribution < 1.29 is 47.4 Å². The molecule has 1 aliphatic carbocycles. The van der Waals surface area contributed by atoms with Crippen molar-refractivity contribution >= 4 is 23.2 Å². The van der Waals surface area contributed by atoms with Crippen molar-refractivity contribution in [3.05, 3.63) is 48.1 Å². The van der Waals surface area contributed by atoms with Gasteiger partial charge in [-0.15, -0.1) is 10.2 Å². The van der Waals surface area contributed by atoms with Crippen LogP contribution in [0.4, 0.5) is 11.6 Å². The van der Waals surface area contributed by atoms with Gasteiger partial charge in [0.2, 0.25) is 5.95 Å². The molecule has 0 bridgehead atoms. The van der Waals surface area contributed by atoms with Gasteiger partial charge in [0, 0.05) is 57.2 Å². The quantitative estimate of drug-likeness (QED) is 0.0671. The van der Waals surface area contributed by atoms with Crippen molar-refractivity contribution in [1.82, 2.24) is 44.9 Å². The van der Waals surface area contributed by atoms with E-state index in [9.17, 15) is 0 Å². The number of halogens is 1. The Bertz CT molecular complexity index is 1830. The highest BCUT2D eigenvalue weighted by molar-refractivity contribution is 6.32. The summed E-state index contributed by atoms with van der Waals surface area (Å²) in [6.07, 6.45) is 11.9. The molecule has 1 N–H and O–H groups in total. The molecule has 0 unspecified atom stereocenters. The minimum atomic E-state index is -0.224. The number of anilines is 2. The van der Waals surface area contributed by atoms with Crippen LogP contribution >= 0.6 is 11.6 Å². The second-order valence-electron chi connectivity index (χ2n) is 15.3. The third-order valence-electron chi connectivity index (χ3n) is 10.6. The largest absolute Gasteiger partial charge is 0.487 e. The summed E-state index contributed by atoms with van der Waals surface area (Å²) in [5.41, 5.74) is 2.37. The van der Waals surface area contributed by atoms with Gasteiger partial charge in [-0.3, -0.25) is 9.58 Å². The Labute approximate surface area is 380 Å². The summed E-state index contributed by atoms with van der Waals surface area (Å²) in [5.74, 6) is 1.47. The van der Waals surface area contributed by atoms with Crippen LogP contribution < -0.4 is 14.8 Å². The fourth-order valence-electron chi connectivity index (χ4n) is 7.28. The first-order valence-corrected chi connectivity index (χ1v) is 22.7. The van der Waals surface area contributed by atoms with E-state index >= 15 is 0 Å². The van der Waals surface area contributed by atoms with Gasteiger partial charge in [-0.05, 0) is 60.7 Å². The molecule has 1 aromatic carbocycles. The van der Waals surface area contributed by atoms with Crippen LogP contribution in [0, 0.1) is 0 Å². The van der Waals surface area contributed by atoms with E-state index in [0.717, 1.165) is 63.1 Å². The van der Waals surface area contributed by atoms with Crippen LogP contribution in [0.25, 0.3) is 11.1 Å². The average Bonchev–Trinajstić information content (AvgIpc) is 3.99. The number of hydrogen-bond acceptors (Lipinski definition) is 18. The highest BCUT2D eigenvalue weighted by atomic mass is 35.5. The van der Waals surface area contributed by atoms with Crippen molar-refractivity contribution in [2.24, 2.45) is 0 Å². The molecule has 4 heterocycles. The minimum Gasteiger partial charge on any atom is -0.487 e. The Kier molecular flexibility index (Phi) is 22.2. The topological polar surface area (TPSA) is 195 Å². The number of methoxy groups -OCH3 is 1. The van der Waals surface area contributed by atoms with Gasteiger partial charge >= 0.3 is 0 Å². The van der Waals surface area contributed by atoms with Crippen LogP contribution in [0.1, 0.15) is 45.1 Å². The molecule has 0 amide bonds. The Balaban J connectivity index is 0.910. The van der Waals surface area contributed by atoms with Crippen molar-refractivity contribution in [2.75, 3.05) is 131 Å². The molecule has 6 rings (SSSR count). The van der Waals surface area contributed by atoms with Crippen LogP contribution in [-0.4, -0.2) is 183 Å². The summed E-state index contributed by atoms with van der Waals surface area (Å²) in [6.45, 7) is 13.2. The molecule has 1 saturated heterocycles. The third-order valence-corrected chi connectivity index (χ3v) is 10.9. The van der Waals surface area contributed by atoms with Gasteiger partial charge in [-0.25, -0.2) is 14.6 Å². The second kappa shape index (κ2) is 28.7. The molecule has 2 aliphatic rings. The lowest BCUT2D eigenvalue weighted by Crippen LogP contribution is -2.45. The zero-order valence-electron chi connectivity index (χ0n) is 37.2. The minimum absolute atomic E-state index is 0.224. The van der Waals surface area contributed by atoms with Crippen LogP contribution in [-0.2, 0) is 44.4 Å². The van der Waals surface area contributed by atoms with E-state index in [-0.39, 0.29) is 12.1 Å². The summed E-state index contributed by atoms with van der Waals surface area (Å²) in [5, 5.41) is 20.1. The Morgan fingerprint density at radius 3 is 1.98 bits per heavy atom. The molecule has 354 valence electrons. The zero-order valence-corrected chi connectivity index (χ0v) is 38.0. The molecule has 3 aromatic heterocycles. The van der Waals surface area contributed by atoms with E-state index in [2.05, 4.69) is 35.7 Å². The summed E-state index contributed by atoms with van der Waals surface area (Å²) >= 11 is 6.50. The molecule has 4 aromatic rings. The normalized spacial score (nSPS) is 17.4. The van der Waals surface area contributed by atoms with Crippen LogP contribution in [0.2, 0.25) is 5.02 Å². The van der Waals surface area contributed by atoms with E-state index in [1.54, 1.807) is 36.6 Å². The molecule has 1 atom stereocenters. The Morgan fingerprint density at radius 2 is 1.38 bits per heavy atom. The second-order valence-corrected chi connectivity index (χ2v) is 15.7. The molecular weight excluding hydrogens is 852 g/mol. The van der Waals surface area contributed by atoms with Crippen molar-refractivity contribution in [3.8, 4) is 22.8 Å². The lowest BCUT2D eigenvalue weighted by atomic mass is 9.90. The maximum Gasteiger partial charge on any atom is 0.256 e. The highest BCUT2D eigenvalue weighted by Crippen LogP contribution is 2.35.